The van der Waals surface area contributed by atoms with Gasteiger partial charge in [-0.15, -0.1) is 0 Å². The molecule has 2 nitrogen and oxygen atoms in total. The van der Waals surface area contributed by atoms with E-state index < -0.39 is 17.9 Å². The Morgan fingerprint density at radius 1 is 0.793 bits per heavy atom. The highest BCUT2D eigenvalue weighted by Gasteiger charge is 2.52. The molecule has 2 aliphatic rings. The lowest BCUT2D eigenvalue weighted by atomic mass is 9.63. The molecule has 0 aromatic heterocycles. The SMILES string of the molecule is CC(C)(C)C1CC(F)CC1C(C)(C)CCC(C)(C)N1C(=O)C(F)CC1C(C)(C)C. The Hall–Kier alpha value is -0.670. The second-order valence-electron chi connectivity index (χ2n) is 13.2. The number of carbonyl (C=O) groups is 1. The summed E-state index contributed by atoms with van der Waals surface area (Å²) in [6.45, 7) is 21.6. The molecule has 2 fully saturated rings. The van der Waals surface area contributed by atoms with Gasteiger partial charge in [0.05, 0.1) is 0 Å². The third-order valence-electron chi connectivity index (χ3n) is 7.90. The fourth-order valence-corrected chi connectivity index (χ4v) is 5.90. The Balaban J connectivity index is 2.18. The molecule has 0 N–H and O–H groups in total. The summed E-state index contributed by atoms with van der Waals surface area (Å²) in [6.07, 6.45) is 1.17. The van der Waals surface area contributed by atoms with Gasteiger partial charge in [0.2, 0.25) is 0 Å². The molecule has 170 valence electrons. The highest BCUT2D eigenvalue weighted by Crippen LogP contribution is 2.54. The molecule has 1 aliphatic carbocycles. The van der Waals surface area contributed by atoms with Gasteiger partial charge in [0, 0.05) is 18.0 Å². The minimum absolute atomic E-state index is 0.0226. The first kappa shape index (κ1) is 24.6. The van der Waals surface area contributed by atoms with Gasteiger partial charge in [0.25, 0.3) is 5.91 Å². The van der Waals surface area contributed by atoms with E-state index in [4.69, 9.17) is 0 Å². The molecule has 1 aliphatic heterocycles. The van der Waals surface area contributed by atoms with Crippen LogP contribution in [0.5, 0.6) is 0 Å². The molecule has 1 heterocycles. The highest BCUT2D eigenvalue weighted by molar-refractivity contribution is 5.84. The number of likely N-dealkylation sites (tertiary alicyclic amines) is 1. The minimum atomic E-state index is -1.39. The van der Waals surface area contributed by atoms with E-state index in [2.05, 4.69) is 69.2 Å². The molecule has 0 aromatic rings. The molecule has 0 aromatic carbocycles. The number of nitrogens with zero attached hydrogens (tertiary/aromatic N) is 1. The van der Waals surface area contributed by atoms with Crippen molar-refractivity contribution in [1.29, 1.82) is 0 Å². The highest BCUT2D eigenvalue weighted by atomic mass is 19.1. The predicted octanol–water partition coefficient (Wildman–Crippen LogP) is 6.97. The standard InChI is InChI=1S/C25H45F2NO/c1-22(2,3)17-13-16(26)14-18(17)24(7,8)11-12-25(9,10)28-20(23(4,5)6)15-19(27)21(28)29/h16-20H,11-15H2,1-10H3. The van der Waals surface area contributed by atoms with Crippen LogP contribution < -0.4 is 0 Å². The zero-order valence-corrected chi connectivity index (χ0v) is 20.5. The second-order valence-corrected chi connectivity index (χ2v) is 13.2. The maximum Gasteiger partial charge on any atom is 0.257 e. The Bertz CT molecular complexity index is 599. The van der Waals surface area contributed by atoms with Gasteiger partial charge >= 0.3 is 0 Å². The molecule has 29 heavy (non-hydrogen) atoms. The molecular formula is C25H45F2NO. The van der Waals surface area contributed by atoms with E-state index in [0.717, 1.165) is 12.8 Å². The smallest absolute Gasteiger partial charge is 0.257 e. The first-order valence-corrected chi connectivity index (χ1v) is 11.5. The summed E-state index contributed by atoms with van der Waals surface area (Å²) in [6, 6.07) is -0.0906. The lowest BCUT2D eigenvalue weighted by Gasteiger charge is -2.47. The van der Waals surface area contributed by atoms with Crippen LogP contribution in [-0.2, 0) is 4.79 Å². The van der Waals surface area contributed by atoms with Gasteiger partial charge in [0.1, 0.15) is 6.17 Å². The third kappa shape index (κ3) is 5.15. The van der Waals surface area contributed by atoms with Crippen molar-refractivity contribution in [3.63, 3.8) is 0 Å². The van der Waals surface area contributed by atoms with Gasteiger partial charge in [-0.3, -0.25) is 4.79 Å². The molecular weight excluding hydrogens is 368 g/mol. The number of amides is 1. The van der Waals surface area contributed by atoms with E-state index in [0.29, 0.717) is 24.7 Å². The van der Waals surface area contributed by atoms with Crippen molar-refractivity contribution in [3.8, 4) is 0 Å². The zero-order chi connectivity index (χ0) is 22.6. The van der Waals surface area contributed by atoms with E-state index >= 15 is 0 Å². The first-order valence-electron chi connectivity index (χ1n) is 11.5. The molecule has 0 spiro atoms. The molecule has 0 bridgehead atoms. The number of rotatable bonds is 5. The van der Waals surface area contributed by atoms with Crippen molar-refractivity contribution in [2.45, 2.75) is 125 Å². The second kappa shape index (κ2) is 7.79. The topological polar surface area (TPSA) is 20.3 Å². The van der Waals surface area contributed by atoms with Crippen molar-refractivity contribution in [2.24, 2.45) is 28.1 Å². The molecule has 4 heteroatoms. The van der Waals surface area contributed by atoms with Crippen molar-refractivity contribution in [3.05, 3.63) is 0 Å². The van der Waals surface area contributed by atoms with Gasteiger partial charge in [0.15, 0.2) is 6.17 Å². The Morgan fingerprint density at radius 3 is 1.79 bits per heavy atom. The van der Waals surface area contributed by atoms with Crippen LogP contribution in [0, 0.1) is 28.1 Å². The first-order chi connectivity index (χ1) is 12.9. The van der Waals surface area contributed by atoms with Crippen LogP contribution >= 0.6 is 0 Å². The van der Waals surface area contributed by atoms with Gasteiger partial charge in [-0.25, -0.2) is 8.78 Å². The summed E-state index contributed by atoms with van der Waals surface area (Å²) in [4.78, 5) is 14.6. The largest absolute Gasteiger partial charge is 0.331 e. The number of halogens is 2. The Labute approximate surface area is 178 Å². The van der Waals surface area contributed by atoms with E-state index in [1.54, 1.807) is 0 Å². The van der Waals surface area contributed by atoms with Gasteiger partial charge < -0.3 is 4.90 Å². The Kier molecular flexibility index (Phi) is 6.60. The molecule has 1 saturated heterocycles. The normalized spacial score (nSPS) is 32.3. The van der Waals surface area contributed by atoms with Gasteiger partial charge in [-0.1, -0.05) is 55.4 Å². The average Bonchev–Trinajstić information content (AvgIpc) is 3.07. The van der Waals surface area contributed by atoms with Crippen molar-refractivity contribution >= 4 is 5.91 Å². The van der Waals surface area contributed by atoms with Gasteiger partial charge in [-0.2, -0.15) is 0 Å². The van der Waals surface area contributed by atoms with Crippen LogP contribution in [0.3, 0.4) is 0 Å². The number of hydrogen-bond acceptors (Lipinski definition) is 1. The predicted molar refractivity (Wildman–Crippen MR) is 117 cm³/mol. The number of alkyl halides is 2. The summed E-state index contributed by atoms with van der Waals surface area (Å²) < 4.78 is 28.8. The summed E-state index contributed by atoms with van der Waals surface area (Å²) in [5, 5.41) is 0. The van der Waals surface area contributed by atoms with Crippen LogP contribution in [0.25, 0.3) is 0 Å². The van der Waals surface area contributed by atoms with Crippen molar-refractivity contribution in [2.75, 3.05) is 0 Å². The van der Waals surface area contributed by atoms with Crippen LogP contribution in [0.15, 0.2) is 0 Å². The fraction of sp³-hybridized carbons (Fsp3) is 0.960. The van der Waals surface area contributed by atoms with Crippen LogP contribution in [-0.4, -0.2) is 34.7 Å². The molecule has 1 saturated carbocycles. The lowest BCUT2D eigenvalue weighted by molar-refractivity contribution is -0.140. The minimum Gasteiger partial charge on any atom is -0.331 e. The molecule has 5 atom stereocenters. The zero-order valence-electron chi connectivity index (χ0n) is 20.5. The molecule has 2 rings (SSSR count). The van der Waals surface area contributed by atoms with E-state index in [-0.39, 0.29) is 34.6 Å². The van der Waals surface area contributed by atoms with E-state index in [1.165, 1.54) is 0 Å². The molecule has 1 amide bonds. The maximum absolute atomic E-state index is 14.4. The van der Waals surface area contributed by atoms with E-state index in [9.17, 15) is 13.6 Å². The summed E-state index contributed by atoms with van der Waals surface area (Å²) >= 11 is 0. The van der Waals surface area contributed by atoms with Crippen molar-refractivity contribution in [1.82, 2.24) is 4.90 Å². The van der Waals surface area contributed by atoms with Crippen LogP contribution in [0.2, 0.25) is 0 Å². The Morgan fingerprint density at radius 2 is 1.31 bits per heavy atom. The molecule has 5 unspecified atom stereocenters. The quantitative estimate of drug-likeness (QED) is 0.477. The molecule has 0 radical (unpaired) electrons. The van der Waals surface area contributed by atoms with E-state index in [1.807, 2.05) is 4.90 Å². The average molecular weight is 414 g/mol. The maximum atomic E-state index is 14.4. The number of hydrogen-bond donors (Lipinski definition) is 0. The third-order valence-corrected chi connectivity index (χ3v) is 7.90. The van der Waals surface area contributed by atoms with Gasteiger partial charge in [-0.05, 0) is 67.6 Å². The van der Waals surface area contributed by atoms with Crippen LogP contribution in [0.1, 0.15) is 101 Å². The van der Waals surface area contributed by atoms with Crippen molar-refractivity contribution < 1.29 is 13.6 Å². The fourth-order valence-electron chi connectivity index (χ4n) is 5.90. The van der Waals surface area contributed by atoms with Crippen LogP contribution in [0.4, 0.5) is 8.78 Å². The number of carbonyl (C=O) groups excluding carboxylic acids is 1. The lowest BCUT2D eigenvalue weighted by Crippen LogP contribution is -2.54. The summed E-state index contributed by atoms with van der Waals surface area (Å²) in [5.74, 6) is 0.335. The summed E-state index contributed by atoms with van der Waals surface area (Å²) in [7, 11) is 0. The monoisotopic (exact) mass is 413 g/mol. The summed E-state index contributed by atoms with van der Waals surface area (Å²) in [5.41, 5.74) is -0.515.